The summed E-state index contributed by atoms with van der Waals surface area (Å²) in [7, 11) is 2.18. The molecule has 0 aromatic heterocycles. The smallest absolute Gasteiger partial charge is 0.119 e. The van der Waals surface area contributed by atoms with Gasteiger partial charge in [0.25, 0.3) is 0 Å². The molecule has 18 heavy (non-hydrogen) atoms. The molecule has 1 aromatic rings. The predicted molar refractivity (Wildman–Crippen MR) is 76.2 cm³/mol. The summed E-state index contributed by atoms with van der Waals surface area (Å²) >= 11 is 0. The van der Waals surface area contributed by atoms with Crippen molar-refractivity contribution in [2.24, 2.45) is 5.73 Å². The Morgan fingerprint density at radius 1 is 1.17 bits per heavy atom. The Balaban J connectivity index is 1.97. The number of rotatable bonds is 4. The van der Waals surface area contributed by atoms with Crippen molar-refractivity contribution in [3.63, 3.8) is 0 Å². The van der Waals surface area contributed by atoms with Crippen LogP contribution in [0.3, 0.4) is 0 Å². The Hall–Kier alpha value is -1.22. The van der Waals surface area contributed by atoms with Crippen LogP contribution in [-0.2, 0) is 0 Å². The Labute approximate surface area is 110 Å². The molecule has 0 amide bonds. The van der Waals surface area contributed by atoms with E-state index in [2.05, 4.69) is 24.1 Å². The van der Waals surface area contributed by atoms with E-state index in [0.29, 0.717) is 12.1 Å². The molecule has 1 aliphatic rings. The molecule has 3 heteroatoms. The molecular weight excluding hydrogens is 224 g/mol. The van der Waals surface area contributed by atoms with Crippen LogP contribution in [0, 0.1) is 0 Å². The van der Waals surface area contributed by atoms with Gasteiger partial charge in [-0.1, -0.05) is 0 Å². The van der Waals surface area contributed by atoms with E-state index in [1.165, 1.54) is 18.5 Å². The van der Waals surface area contributed by atoms with Crippen LogP contribution in [0.15, 0.2) is 24.3 Å². The van der Waals surface area contributed by atoms with Gasteiger partial charge in [0.05, 0.1) is 6.61 Å². The Bertz CT molecular complexity index is 355. The summed E-state index contributed by atoms with van der Waals surface area (Å²) in [5, 5.41) is 0. The number of benzene rings is 1. The van der Waals surface area contributed by atoms with Crippen molar-refractivity contribution < 1.29 is 4.74 Å². The molecule has 0 heterocycles. The van der Waals surface area contributed by atoms with Crippen molar-refractivity contribution in [3.05, 3.63) is 24.3 Å². The lowest BCUT2D eigenvalue weighted by Gasteiger charge is -2.35. The lowest BCUT2D eigenvalue weighted by atomic mass is 9.91. The summed E-state index contributed by atoms with van der Waals surface area (Å²) < 4.78 is 5.47. The molecule has 1 saturated carbocycles. The highest BCUT2D eigenvalue weighted by Gasteiger charge is 2.22. The standard InChI is InChI=1S/C15H24N2O/c1-3-18-15-10-8-14(9-11-15)17(2)13-6-4-12(16)5-7-13/h8-13H,3-7,16H2,1-2H3. The first-order valence-corrected chi connectivity index (χ1v) is 6.92. The van der Waals surface area contributed by atoms with Gasteiger partial charge in [0.15, 0.2) is 0 Å². The molecule has 3 nitrogen and oxygen atoms in total. The summed E-state index contributed by atoms with van der Waals surface area (Å²) in [5.74, 6) is 0.945. The van der Waals surface area contributed by atoms with Crippen LogP contribution in [0.2, 0.25) is 0 Å². The van der Waals surface area contributed by atoms with Crippen LogP contribution in [-0.4, -0.2) is 25.7 Å². The third-order valence-electron chi connectivity index (χ3n) is 3.84. The molecule has 0 unspecified atom stereocenters. The Morgan fingerprint density at radius 3 is 2.33 bits per heavy atom. The maximum atomic E-state index is 5.95. The highest BCUT2D eigenvalue weighted by Crippen LogP contribution is 2.26. The molecule has 0 saturated heterocycles. The van der Waals surface area contributed by atoms with Crippen molar-refractivity contribution in [1.82, 2.24) is 0 Å². The third kappa shape index (κ3) is 3.16. The molecule has 0 bridgehead atoms. The van der Waals surface area contributed by atoms with Gasteiger partial charge in [-0.15, -0.1) is 0 Å². The molecule has 1 aromatic carbocycles. The number of ether oxygens (including phenoxy) is 1. The third-order valence-corrected chi connectivity index (χ3v) is 3.84. The van der Waals surface area contributed by atoms with Gasteiger partial charge in [0.2, 0.25) is 0 Å². The summed E-state index contributed by atoms with van der Waals surface area (Å²) in [4.78, 5) is 2.38. The lowest BCUT2D eigenvalue weighted by Crippen LogP contribution is -2.38. The number of hydrogen-bond donors (Lipinski definition) is 1. The minimum absolute atomic E-state index is 0.412. The second-order valence-corrected chi connectivity index (χ2v) is 5.11. The van der Waals surface area contributed by atoms with E-state index in [4.69, 9.17) is 10.5 Å². The highest BCUT2D eigenvalue weighted by atomic mass is 16.5. The first-order chi connectivity index (χ1) is 8.70. The zero-order valence-corrected chi connectivity index (χ0v) is 11.4. The van der Waals surface area contributed by atoms with E-state index in [0.717, 1.165) is 25.2 Å². The predicted octanol–water partition coefficient (Wildman–Crippen LogP) is 2.79. The van der Waals surface area contributed by atoms with Gasteiger partial charge in [0, 0.05) is 24.8 Å². The summed E-state index contributed by atoms with van der Waals surface area (Å²) in [5.41, 5.74) is 7.22. The van der Waals surface area contributed by atoms with Crippen molar-refractivity contribution in [2.45, 2.75) is 44.7 Å². The largest absolute Gasteiger partial charge is 0.494 e. The lowest BCUT2D eigenvalue weighted by molar-refractivity contribution is 0.340. The van der Waals surface area contributed by atoms with Crippen molar-refractivity contribution in [1.29, 1.82) is 0 Å². The molecule has 0 atom stereocenters. The van der Waals surface area contributed by atoms with Crippen LogP contribution in [0.25, 0.3) is 0 Å². The fourth-order valence-corrected chi connectivity index (χ4v) is 2.64. The van der Waals surface area contributed by atoms with Gasteiger partial charge in [-0.05, 0) is 56.9 Å². The van der Waals surface area contributed by atoms with Gasteiger partial charge >= 0.3 is 0 Å². The second kappa shape index (κ2) is 6.10. The van der Waals surface area contributed by atoms with Crippen molar-refractivity contribution >= 4 is 5.69 Å². The molecular formula is C15H24N2O. The molecule has 0 radical (unpaired) electrons. The van der Waals surface area contributed by atoms with E-state index in [1.54, 1.807) is 0 Å². The van der Waals surface area contributed by atoms with Crippen molar-refractivity contribution in [2.75, 3.05) is 18.6 Å². The molecule has 0 spiro atoms. The number of hydrogen-bond acceptors (Lipinski definition) is 3. The molecule has 2 rings (SSSR count). The Kier molecular flexibility index (Phi) is 4.48. The molecule has 2 N–H and O–H groups in total. The minimum Gasteiger partial charge on any atom is -0.494 e. The van der Waals surface area contributed by atoms with Gasteiger partial charge in [-0.2, -0.15) is 0 Å². The average molecular weight is 248 g/mol. The topological polar surface area (TPSA) is 38.5 Å². The van der Waals surface area contributed by atoms with Crippen LogP contribution in [0.4, 0.5) is 5.69 Å². The molecule has 1 aliphatic carbocycles. The van der Waals surface area contributed by atoms with Gasteiger partial charge in [0.1, 0.15) is 5.75 Å². The van der Waals surface area contributed by atoms with Gasteiger partial charge in [-0.3, -0.25) is 0 Å². The second-order valence-electron chi connectivity index (χ2n) is 5.11. The molecule has 1 fully saturated rings. The van der Waals surface area contributed by atoms with Gasteiger partial charge < -0.3 is 15.4 Å². The summed E-state index contributed by atoms with van der Waals surface area (Å²) in [6.07, 6.45) is 4.69. The average Bonchev–Trinajstić information content (AvgIpc) is 2.40. The number of nitrogens with two attached hydrogens (primary N) is 1. The van der Waals surface area contributed by atoms with Crippen LogP contribution >= 0.6 is 0 Å². The summed E-state index contributed by atoms with van der Waals surface area (Å²) in [6.45, 7) is 2.72. The van der Waals surface area contributed by atoms with E-state index in [1.807, 2.05) is 19.1 Å². The van der Waals surface area contributed by atoms with Crippen LogP contribution in [0.1, 0.15) is 32.6 Å². The van der Waals surface area contributed by atoms with E-state index >= 15 is 0 Å². The van der Waals surface area contributed by atoms with Crippen LogP contribution in [0.5, 0.6) is 5.75 Å². The van der Waals surface area contributed by atoms with Crippen molar-refractivity contribution in [3.8, 4) is 5.75 Å². The zero-order chi connectivity index (χ0) is 13.0. The van der Waals surface area contributed by atoms with Gasteiger partial charge in [-0.25, -0.2) is 0 Å². The number of anilines is 1. The first-order valence-electron chi connectivity index (χ1n) is 6.92. The highest BCUT2D eigenvalue weighted by molar-refractivity contribution is 5.49. The van der Waals surface area contributed by atoms with E-state index in [-0.39, 0.29) is 0 Å². The first kappa shape index (κ1) is 13.2. The summed E-state index contributed by atoms with van der Waals surface area (Å²) in [6, 6.07) is 9.41. The zero-order valence-electron chi connectivity index (χ0n) is 11.4. The number of nitrogens with zero attached hydrogens (tertiary/aromatic N) is 1. The minimum atomic E-state index is 0.412. The Morgan fingerprint density at radius 2 is 1.78 bits per heavy atom. The van der Waals surface area contributed by atoms with E-state index < -0.39 is 0 Å². The van der Waals surface area contributed by atoms with Crippen LogP contribution < -0.4 is 15.4 Å². The SMILES string of the molecule is CCOc1ccc(N(C)C2CCC(N)CC2)cc1. The van der Waals surface area contributed by atoms with E-state index in [9.17, 15) is 0 Å². The normalized spacial score (nSPS) is 23.7. The molecule has 0 aliphatic heterocycles. The fraction of sp³-hybridized carbons (Fsp3) is 0.600. The molecule has 100 valence electrons. The monoisotopic (exact) mass is 248 g/mol. The fourth-order valence-electron chi connectivity index (χ4n) is 2.64. The maximum Gasteiger partial charge on any atom is 0.119 e. The quantitative estimate of drug-likeness (QED) is 0.890. The maximum absolute atomic E-state index is 5.95.